The molecule has 6 atom stereocenters. The first-order valence-electron chi connectivity index (χ1n) is 12.5. The Kier molecular flexibility index (Phi) is 7.32. The van der Waals surface area contributed by atoms with Crippen LogP contribution < -0.4 is 0 Å². The van der Waals surface area contributed by atoms with Crippen molar-refractivity contribution in [3.8, 4) is 0 Å². The Morgan fingerprint density at radius 3 is 1.03 bits per heavy atom. The number of rotatable bonds is 12. The molecule has 0 aromatic heterocycles. The zero-order valence-corrected chi connectivity index (χ0v) is 20.7. The van der Waals surface area contributed by atoms with E-state index in [2.05, 4.69) is 41.5 Å². The van der Waals surface area contributed by atoms with Gasteiger partial charge in [-0.2, -0.15) is 0 Å². The topological polar surface area (TPSA) is 44.8 Å². The van der Waals surface area contributed by atoms with Gasteiger partial charge in [0, 0.05) is 0 Å². The smallest absolute Gasteiger partial charge is 0.280 e. The van der Waals surface area contributed by atoms with Gasteiger partial charge in [-0.25, -0.2) is 4.57 Å². The lowest BCUT2D eigenvalue weighted by Crippen LogP contribution is -2.53. The van der Waals surface area contributed by atoms with Gasteiger partial charge in [0.2, 0.25) is 0 Å². The molecule has 0 bridgehead atoms. The summed E-state index contributed by atoms with van der Waals surface area (Å²) in [5.41, 5.74) is -1.03. The van der Waals surface area contributed by atoms with Crippen LogP contribution in [0.2, 0.25) is 0 Å². The summed E-state index contributed by atoms with van der Waals surface area (Å²) in [5.74, 6) is 1.36. The van der Waals surface area contributed by atoms with E-state index >= 15 is 0 Å². The van der Waals surface area contributed by atoms with Gasteiger partial charge in [0.05, 0.1) is 16.8 Å². The number of hydrogen-bond donors (Lipinski definition) is 0. The lowest BCUT2D eigenvalue weighted by Gasteiger charge is -2.56. The maximum absolute atomic E-state index is 14.4. The van der Waals surface area contributed by atoms with Crippen LogP contribution in [0.5, 0.6) is 0 Å². The molecule has 0 heterocycles. The molecule has 3 fully saturated rings. The Bertz CT molecular complexity index is 511. The summed E-state index contributed by atoms with van der Waals surface area (Å²) in [6.45, 7) is 13.1. The molecule has 0 radical (unpaired) electrons. The fraction of sp³-hybridized carbons (Fsp3) is 1.00. The van der Waals surface area contributed by atoms with Crippen molar-refractivity contribution in [1.82, 2.24) is 0 Å². The van der Waals surface area contributed by atoms with E-state index in [1.807, 2.05) is 0 Å². The molecule has 5 heteroatoms. The van der Waals surface area contributed by atoms with Gasteiger partial charge in [0.25, 0.3) is 0 Å². The number of phosphoric ester groups is 1. The highest BCUT2D eigenvalue weighted by molar-refractivity contribution is 7.48. The Balaban J connectivity index is 1.90. The lowest BCUT2D eigenvalue weighted by atomic mass is 9.67. The van der Waals surface area contributed by atoms with Gasteiger partial charge < -0.3 is 0 Å². The first-order chi connectivity index (χ1) is 13.8. The van der Waals surface area contributed by atoms with Gasteiger partial charge in [-0.3, -0.25) is 13.6 Å². The Morgan fingerprint density at radius 2 is 0.897 bits per heavy atom. The van der Waals surface area contributed by atoms with Crippen LogP contribution in [0, 0.1) is 17.8 Å². The highest BCUT2D eigenvalue weighted by atomic mass is 31.2. The second-order valence-corrected chi connectivity index (χ2v) is 11.3. The predicted octanol–water partition coefficient (Wildman–Crippen LogP) is 8.05. The molecule has 3 saturated carbocycles. The van der Waals surface area contributed by atoms with Crippen LogP contribution in [-0.4, -0.2) is 16.8 Å². The van der Waals surface area contributed by atoms with Gasteiger partial charge in [-0.1, -0.05) is 60.8 Å². The molecule has 0 aliphatic heterocycles. The summed E-state index contributed by atoms with van der Waals surface area (Å²) in [4.78, 5) is 0. The van der Waals surface area contributed by atoms with Gasteiger partial charge in [0.15, 0.2) is 0 Å². The molecule has 3 aliphatic carbocycles. The van der Waals surface area contributed by atoms with Crippen molar-refractivity contribution in [2.24, 2.45) is 17.8 Å². The molecule has 0 spiro atoms. The maximum atomic E-state index is 14.4. The molecular weight excluding hydrogens is 383 g/mol. The first-order valence-corrected chi connectivity index (χ1v) is 14.0. The molecule has 29 heavy (non-hydrogen) atoms. The first kappa shape index (κ1) is 23.8. The van der Waals surface area contributed by atoms with E-state index in [-0.39, 0.29) is 16.8 Å². The van der Waals surface area contributed by atoms with E-state index in [9.17, 15) is 4.57 Å². The third-order valence-corrected chi connectivity index (χ3v) is 10.9. The fourth-order valence-corrected chi connectivity index (χ4v) is 8.97. The van der Waals surface area contributed by atoms with Crippen LogP contribution in [0.4, 0.5) is 0 Å². The molecule has 6 unspecified atom stereocenters. The second-order valence-electron chi connectivity index (χ2n) is 9.91. The van der Waals surface area contributed by atoms with Crippen molar-refractivity contribution < 1.29 is 18.1 Å². The van der Waals surface area contributed by atoms with E-state index in [0.29, 0.717) is 17.8 Å². The molecule has 0 aromatic rings. The molecule has 4 nitrogen and oxygen atoms in total. The summed E-state index contributed by atoms with van der Waals surface area (Å²) < 4.78 is 34.2. The summed E-state index contributed by atoms with van der Waals surface area (Å²) in [6.07, 6.45) is 12.1. The average molecular weight is 429 g/mol. The summed E-state index contributed by atoms with van der Waals surface area (Å²) >= 11 is 0. The molecule has 170 valence electrons. The van der Waals surface area contributed by atoms with Crippen molar-refractivity contribution in [2.75, 3.05) is 0 Å². The van der Waals surface area contributed by atoms with Crippen LogP contribution in [0.1, 0.15) is 119 Å². The molecule has 0 aromatic carbocycles. The predicted molar refractivity (Wildman–Crippen MR) is 119 cm³/mol. The minimum absolute atomic E-state index is 0.342. The second kappa shape index (κ2) is 8.93. The van der Waals surface area contributed by atoms with Gasteiger partial charge >= 0.3 is 7.82 Å². The normalized spacial score (nSPS) is 43.7. The molecule has 0 amide bonds. The largest absolute Gasteiger partial charge is 0.476 e. The monoisotopic (exact) mass is 428 g/mol. The SMILES string of the molecule is CCC1CCC1(CC)OP(=O)(OC1(CC)CCC1CC)OC1(CC)CCC1CC. The molecule has 0 saturated heterocycles. The minimum atomic E-state index is -3.68. The quantitative estimate of drug-likeness (QED) is 0.295. The van der Waals surface area contributed by atoms with E-state index in [4.69, 9.17) is 13.6 Å². The average Bonchev–Trinajstić information content (AvgIpc) is 2.67. The lowest BCUT2D eigenvalue weighted by molar-refractivity contribution is -0.170. The van der Waals surface area contributed by atoms with E-state index in [1.165, 1.54) is 0 Å². The van der Waals surface area contributed by atoms with Crippen molar-refractivity contribution in [1.29, 1.82) is 0 Å². The van der Waals surface area contributed by atoms with Crippen molar-refractivity contribution in [3.63, 3.8) is 0 Å². The van der Waals surface area contributed by atoms with E-state index in [0.717, 1.165) is 77.0 Å². The standard InChI is InChI=1S/C24H45O4P/c1-7-19-13-16-22(19,10-4)26-29(25,27-23(11-5)17-14-20(23)8-2)28-24(12-6)18-15-21(24)9-3/h19-21H,7-18H2,1-6H3. The van der Waals surface area contributed by atoms with Crippen LogP contribution in [0.3, 0.4) is 0 Å². The van der Waals surface area contributed by atoms with Gasteiger partial charge in [-0.15, -0.1) is 0 Å². The summed E-state index contributed by atoms with van der Waals surface area (Å²) in [7, 11) is -3.68. The molecular formula is C24H45O4P. The van der Waals surface area contributed by atoms with Crippen molar-refractivity contribution >= 4 is 7.82 Å². The van der Waals surface area contributed by atoms with E-state index in [1.54, 1.807) is 0 Å². The van der Waals surface area contributed by atoms with Crippen LogP contribution in [0.15, 0.2) is 0 Å². The van der Waals surface area contributed by atoms with Crippen LogP contribution in [0.25, 0.3) is 0 Å². The van der Waals surface area contributed by atoms with Crippen LogP contribution in [-0.2, 0) is 18.1 Å². The zero-order chi connectivity index (χ0) is 21.3. The van der Waals surface area contributed by atoms with E-state index < -0.39 is 7.82 Å². The van der Waals surface area contributed by atoms with Gasteiger partial charge in [0.1, 0.15) is 0 Å². The number of hydrogen-bond acceptors (Lipinski definition) is 4. The molecule has 3 rings (SSSR count). The Hall–Kier alpha value is 0.110. The maximum Gasteiger partial charge on any atom is 0.476 e. The Labute approximate surface area is 179 Å². The molecule has 3 aliphatic rings. The number of phosphoric acid groups is 1. The van der Waals surface area contributed by atoms with Crippen LogP contribution >= 0.6 is 7.82 Å². The Morgan fingerprint density at radius 1 is 0.621 bits per heavy atom. The third-order valence-electron chi connectivity index (χ3n) is 9.13. The van der Waals surface area contributed by atoms with Crippen molar-refractivity contribution in [2.45, 2.75) is 135 Å². The highest BCUT2D eigenvalue weighted by Gasteiger charge is 2.59. The fourth-order valence-electron chi connectivity index (χ4n) is 6.41. The third kappa shape index (κ3) is 4.01. The van der Waals surface area contributed by atoms with Gasteiger partial charge in [-0.05, 0) is 75.5 Å². The molecule has 0 N–H and O–H groups in total. The summed E-state index contributed by atoms with van der Waals surface area (Å²) in [6, 6.07) is 0. The highest BCUT2D eigenvalue weighted by Crippen LogP contribution is 2.68. The summed E-state index contributed by atoms with van der Waals surface area (Å²) in [5, 5.41) is 0. The minimum Gasteiger partial charge on any atom is -0.280 e. The van der Waals surface area contributed by atoms with Crippen molar-refractivity contribution in [3.05, 3.63) is 0 Å². The zero-order valence-electron chi connectivity index (χ0n) is 19.8.